The molecule has 0 fully saturated rings. The van der Waals surface area contributed by atoms with Gasteiger partial charge in [0.2, 0.25) is 5.88 Å². The quantitative estimate of drug-likeness (QED) is 0.686. The molecule has 0 saturated heterocycles. The summed E-state index contributed by atoms with van der Waals surface area (Å²) in [5.41, 5.74) is 7.71. The van der Waals surface area contributed by atoms with Crippen molar-refractivity contribution in [3.05, 3.63) is 54.1 Å². The number of fused-ring (bicyclic) bond motifs is 1. The van der Waals surface area contributed by atoms with Gasteiger partial charge < -0.3 is 19.9 Å². The molecule has 1 heterocycles. The van der Waals surface area contributed by atoms with Gasteiger partial charge in [-0.05, 0) is 62.7 Å². The van der Waals surface area contributed by atoms with Gasteiger partial charge in [0.1, 0.15) is 5.75 Å². The molecule has 0 saturated carbocycles. The molecule has 0 amide bonds. The lowest BCUT2D eigenvalue weighted by Crippen LogP contribution is -2.05. The third-order valence-electron chi connectivity index (χ3n) is 3.88. The largest absolute Gasteiger partial charge is 0.493 e. The lowest BCUT2D eigenvalue weighted by Gasteiger charge is -2.14. The molecule has 3 rings (SSSR count). The molecular formula is C21H24N2O3. The molecule has 26 heavy (non-hydrogen) atoms. The Morgan fingerprint density at radius 1 is 1.00 bits per heavy atom. The van der Waals surface area contributed by atoms with E-state index in [-0.39, 0.29) is 6.10 Å². The average molecular weight is 352 g/mol. The second-order valence-electron chi connectivity index (χ2n) is 6.30. The lowest BCUT2D eigenvalue weighted by atomic mass is 10.1. The highest BCUT2D eigenvalue weighted by molar-refractivity contribution is 5.79. The Balaban J connectivity index is 1.84. The highest BCUT2D eigenvalue weighted by Gasteiger charge is 2.10. The Bertz CT molecular complexity index is 894. The predicted octanol–water partition coefficient (Wildman–Crippen LogP) is 4.32. The van der Waals surface area contributed by atoms with E-state index in [2.05, 4.69) is 11.1 Å². The molecule has 0 atom stereocenters. The summed E-state index contributed by atoms with van der Waals surface area (Å²) in [7, 11) is 1.61. The summed E-state index contributed by atoms with van der Waals surface area (Å²) in [6, 6.07) is 15.5. The van der Waals surface area contributed by atoms with E-state index in [1.807, 2.05) is 56.3 Å². The van der Waals surface area contributed by atoms with Crippen LogP contribution in [0.2, 0.25) is 0 Å². The first-order valence-corrected chi connectivity index (χ1v) is 8.71. The van der Waals surface area contributed by atoms with Crippen molar-refractivity contribution in [1.82, 2.24) is 4.98 Å². The fourth-order valence-electron chi connectivity index (χ4n) is 2.73. The van der Waals surface area contributed by atoms with E-state index in [1.165, 1.54) is 5.56 Å². The third-order valence-corrected chi connectivity index (χ3v) is 3.88. The van der Waals surface area contributed by atoms with Gasteiger partial charge in [-0.25, -0.2) is 4.98 Å². The van der Waals surface area contributed by atoms with Crippen LogP contribution in [0, 0.1) is 0 Å². The monoisotopic (exact) mass is 352 g/mol. The average Bonchev–Trinajstić information content (AvgIpc) is 2.63. The summed E-state index contributed by atoms with van der Waals surface area (Å²) < 4.78 is 17.1. The second-order valence-corrected chi connectivity index (χ2v) is 6.30. The minimum atomic E-state index is 0.0952. The van der Waals surface area contributed by atoms with Crippen molar-refractivity contribution in [1.29, 1.82) is 0 Å². The molecule has 2 aromatic carbocycles. The topological polar surface area (TPSA) is 66.6 Å². The molecule has 0 bridgehead atoms. The van der Waals surface area contributed by atoms with Crippen molar-refractivity contribution >= 4 is 10.9 Å². The van der Waals surface area contributed by atoms with Gasteiger partial charge in [-0.15, -0.1) is 0 Å². The summed E-state index contributed by atoms with van der Waals surface area (Å²) in [5, 5.41) is 1.07. The van der Waals surface area contributed by atoms with Crippen molar-refractivity contribution in [2.24, 2.45) is 5.73 Å². The molecule has 0 aliphatic rings. The van der Waals surface area contributed by atoms with Crippen molar-refractivity contribution < 1.29 is 14.2 Å². The molecule has 3 aromatic rings. The van der Waals surface area contributed by atoms with Crippen molar-refractivity contribution in [2.75, 3.05) is 13.7 Å². The number of methoxy groups -OCH3 is 1. The number of hydrogen-bond acceptors (Lipinski definition) is 5. The van der Waals surface area contributed by atoms with Crippen LogP contribution in [0.15, 0.2) is 48.5 Å². The van der Waals surface area contributed by atoms with Crippen molar-refractivity contribution in [2.45, 2.75) is 26.4 Å². The number of pyridine rings is 1. The molecular weight excluding hydrogens is 328 g/mol. The van der Waals surface area contributed by atoms with Gasteiger partial charge in [0.25, 0.3) is 0 Å². The molecule has 0 radical (unpaired) electrons. The van der Waals surface area contributed by atoms with E-state index < -0.39 is 0 Å². The minimum Gasteiger partial charge on any atom is -0.493 e. The Hall–Kier alpha value is -2.79. The van der Waals surface area contributed by atoms with Crippen LogP contribution in [0.25, 0.3) is 10.9 Å². The molecule has 5 nitrogen and oxygen atoms in total. The molecule has 0 aliphatic heterocycles. The van der Waals surface area contributed by atoms with Gasteiger partial charge in [-0.1, -0.05) is 6.07 Å². The van der Waals surface area contributed by atoms with E-state index in [4.69, 9.17) is 19.9 Å². The van der Waals surface area contributed by atoms with Crippen LogP contribution in [0.4, 0.5) is 0 Å². The highest BCUT2D eigenvalue weighted by atomic mass is 16.5. The van der Waals surface area contributed by atoms with Crippen molar-refractivity contribution in [3.8, 4) is 23.1 Å². The van der Waals surface area contributed by atoms with Crippen LogP contribution < -0.4 is 19.9 Å². The Morgan fingerprint density at radius 3 is 2.58 bits per heavy atom. The molecule has 2 N–H and O–H groups in total. The van der Waals surface area contributed by atoms with Gasteiger partial charge in [-0.2, -0.15) is 0 Å². The minimum absolute atomic E-state index is 0.0952. The first-order chi connectivity index (χ1) is 12.6. The normalized spacial score (nSPS) is 11.0. The zero-order chi connectivity index (χ0) is 18.5. The van der Waals surface area contributed by atoms with Crippen LogP contribution in [-0.4, -0.2) is 24.7 Å². The van der Waals surface area contributed by atoms with Gasteiger partial charge in [0, 0.05) is 17.5 Å². The maximum atomic E-state index is 5.93. The first-order valence-electron chi connectivity index (χ1n) is 8.71. The van der Waals surface area contributed by atoms with Gasteiger partial charge in [0.05, 0.1) is 18.7 Å². The van der Waals surface area contributed by atoms with Crippen LogP contribution in [0.3, 0.4) is 0 Å². The Labute approximate surface area is 153 Å². The van der Waals surface area contributed by atoms with Crippen molar-refractivity contribution in [3.63, 3.8) is 0 Å². The summed E-state index contributed by atoms with van der Waals surface area (Å²) in [4.78, 5) is 4.58. The molecule has 5 heteroatoms. The van der Waals surface area contributed by atoms with Crippen LogP contribution in [-0.2, 0) is 6.42 Å². The Kier molecular flexibility index (Phi) is 5.58. The fourth-order valence-corrected chi connectivity index (χ4v) is 2.73. The van der Waals surface area contributed by atoms with Crippen LogP contribution in [0.5, 0.6) is 23.1 Å². The van der Waals surface area contributed by atoms with E-state index in [0.29, 0.717) is 23.9 Å². The summed E-state index contributed by atoms with van der Waals surface area (Å²) in [5.74, 6) is 2.45. The first kappa shape index (κ1) is 18.0. The number of ether oxygens (including phenoxy) is 3. The van der Waals surface area contributed by atoms with Gasteiger partial charge in [0.15, 0.2) is 11.5 Å². The van der Waals surface area contributed by atoms with Crippen LogP contribution >= 0.6 is 0 Å². The summed E-state index contributed by atoms with van der Waals surface area (Å²) in [6.07, 6.45) is 0.953. The molecule has 0 spiro atoms. The maximum absolute atomic E-state index is 5.93. The van der Waals surface area contributed by atoms with E-state index in [9.17, 15) is 0 Å². The SMILES string of the molecule is COc1cc(OC(C)C)ccc1Oc1ccc2cc(CCN)ccc2n1. The summed E-state index contributed by atoms with van der Waals surface area (Å²) in [6.45, 7) is 4.60. The third kappa shape index (κ3) is 4.24. The smallest absolute Gasteiger partial charge is 0.219 e. The number of aromatic nitrogens is 1. The molecule has 0 aliphatic carbocycles. The standard InChI is InChI=1S/C21H24N2O3/c1-14(2)25-17-6-8-19(20(13-17)24-3)26-21-9-5-16-12-15(10-11-22)4-7-18(16)23-21/h4-9,12-14H,10-11,22H2,1-3H3. The highest BCUT2D eigenvalue weighted by Crippen LogP contribution is 2.34. The number of nitrogens with two attached hydrogens (primary N) is 1. The van der Waals surface area contributed by atoms with Gasteiger partial charge in [-0.3, -0.25) is 0 Å². The van der Waals surface area contributed by atoms with E-state index in [1.54, 1.807) is 7.11 Å². The van der Waals surface area contributed by atoms with E-state index in [0.717, 1.165) is 23.1 Å². The number of hydrogen-bond donors (Lipinski definition) is 1. The lowest BCUT2D eigenvalue weighted by molar-refractivity contribution is 0.240. The zero-order valence-corrected chi connectivity index (χ0v) is 15.4. The molecule has 136 valence electrons. The molecule has 0 unspecified atom stereocenters. The van der Waals surface area contributed by atoms with Crippen LogP contribution in [0.1, 0.15) is 19.4 Å². The predicted molar refractivity (Wildman–Crippen MR) is 103 cm³/mol. The number of nitrogens with zero attached hydrogens (tertiary/aromatic N) is 1. The van der Waals surface area contributed by atoms with E-state index >= 15 is 0 Å². The second kappa shape index (κ2) is 8.06. The fraction of sp³-hybridized carbons (Fsp3) is 0.286. The number of rotatable bonds is 7. The summed E-state index contributed by atoms with van der Waals surface area (Å²) >= 11 is 0. The Morgan fingerprint density at radius 2 is 1.85 bits per heavy atom. The molecule has 1 aromatic heterocycles. The maximum Gasteiger partial charge on any atom is 0.219 e. The number of benzene rings is 2. The van der Waals surface area contributed by atoms with Gasteiger partial charge >= 0.3 is 0 Å². The zero-order valence-electron chi connectivity index (χ0n) is 15.4.